The van der Waals surface area contributed by atoms with E-state index in [-0.39, 0.29) is 6.10 Å². The first-order valence-corrected chi connectivity index (χ1v) is 7.60. The topological polar surface area (TPSA) is 50.7 Å². The average Bonchev–Trinajstić information content (AvgIpc) is 2.32. The van der Waals surface area contributed by atoms with Crippen molar-refractivity contribution in [2.75, 3.05) is 32.9 Å². The summed E-state index contributed by atoms with van der Waals surface area (Å²) in [6.45, 7) is 11.6. The molecule has 19 heavy (non-hydrogen) atoms. The van der Waals surface area contributed by atoms with Crippen LogP contribution >= 0.6 is 0 Å². The zero-order valence-electron chi connectivity index (χ0n) is 13.2. The molecule has 0 radical (unpaired) electrons. The first-order chi connectivity index (χ1) is 9.02. The fourth-order valence-corrected chi connectivity index (χ4v) is 1.69. The van der Waals surface area contributed by atoms with Crippen molar-refractivity contribution in [1.82, 2.24) is 5.32 Å². The van der Waals surface area contributed by atoms with Crippen LogP contribution < -0.4 is 5.32 Å². The number of hydrogen-bond acceptors (Lipinski definition) is 4. The van der Waals surface area contributed by atoms with Crippen LogP contribution in [-0.4, -0.2) is 50.2 Å². The van der Waals surface area contributed by atoms with Crippen LogP contribution in [-0.2, 0) is 9.47 Å². The van der Waals surface area contributed by atoms with Crippen molar-refractivity contribution < 1.29 is 14.6 Å². The number of nitrogens with one attached hydrogen (secondary N) is 1. The summed E-state index contributed by atoms with van der Waals surface area (Å²) in [7, 11) is 0. The van der Waals surface area contributed by atoms with E-state index in [2.05, 4.69) is 19.2 Å². The monoisotopic (exact) mass is 275 g/mol. The van der Waals surface area contributed by atoms with Gasteiger partial charge in [-0.25, -0.2) is 0 Å². The molecule has 4 heteroatoms. The summed E-state index contributed by atoms with van der Waals surface area (Å²) in [5.74, 6) is 0.784. The second kappa shape index (κ2) is 12.9. The summed E-state index contributed by atoms with van der Waals surface area (Å²) in [6, 6.07) is 0. The lowest BCUT2D eigenvalue weighted by Crippen LogP contribution is -2.31. The van der Waals surface area contributed by atoms with Gasteiger partial charge in [0, 0.05) is 6.54 Å². The summed E-state index contributed by atoms with van der Waals surface area (Å²) >= 11 is 0. The minimum absolute atomic E-state index is 0.237. The van der Waals surface area contributed by atoms with Gasteiger partial charge in [0.25, 0.3) is 0 Å². The molecule has 0 bridgehead atoms. The third kappa shape index (κ3) is 15.8. The highest BCUT2D eigenvalue weighted by Gasteiger charge is 2.03. The third-order valence-electron chi connectivity index (χ3n) is 2.75. The maximum Gasteiger partial charge on any atom is 0.0897 e. The lowest BCUT2D eigenvalue weighted by Gasteiger charge is -2.13. The Hall–Kier alpha value is -0.160. The molecule has 1 unspecified atom stereocenters. The van der Waals surface area contributed by atoms with Gasteiger partial charge in [0.1, 0.15) is 0 Å². The fraction of sp³-hybridized carbons (Fsp3) is 1.00. The Kier molecular flexibility index (Phi) is 12.7. The molecule has 0 rings (SSSR count). The van der Waals surface area contributed by atoms with Gasteiger partial charge in [-0.05, 0) is 32.7 Å². The molecule has 0 aromatic heterocycles. The van der Waals surface area contributed by atoms with Crippen molar-refractivity contribution in [2.24, 2.45) is 5.92 Å². The second-order valence-electron chi connectivity index (χ2n) is 5.74. The zero-order valence-corrected chi connectivity index (χ0v) is 13.2. The molecule has 0 saturated carbocycles. The Morgan fingerprint density at radius 2 is 1.79 bits per heavy atom. The Bertz CT molecular complexity index is 186. The number of hydrogen-bond donors (Lipinski definition) is 2. The van der Waals surface area contributed by atoms with Gasteiger partial charge in [-0.3, -0.25) is 0 Å². The summed E-state index contributed by atoms with van der Waals surface area (Å²) in [5, 5.41) is 12.9. The maximum absolute atomic E-state index is 9.67. The molecule has 0 aliphatic rings. The SMILES string of the molecule is CC(C)CCCCNCC(O)COCCOC(C)C. The average molecular weight is 275 g/mol. The Morgan fingerprint density at radius 3 is 2.42 bits per heavy atom. The van der Waals surface area contributed by atoms with Crippen molar-refractivity contribution in [1.29, 1.82) is 0 Å². The van der Waals surface area contributed by atoms with Gasteiger partial charge in [0.05, 0.1) is 32.0 Å². The number of aliphatic hydroxyl groups excluding tert-OH is 1. The summed E-state index contributed by atoms with van der Waals surface area (Å²) in [4.78, 5) is 0. The Balaban J connectivity index is 3.19. The van der Waals surface area contributed by atoms with E-state index in [1.807, 2.05) is 13.8 Å². The maximum atomic E-state index is 9.67. The van der Waals surface area contributed by atoms with E-state index >= 15 is 0 Å². The highest BCUT2D eigenvalue weighted by Crippen LogP contribution is 2.04. The van der Waals surface area contributed by atoms with Crippen molar-refractivity contribution in [3.05, 3.63) is 0 Å². The Morgan fingerprint density at radius 1 is 1.05 bits per heavy atom. The van der Waals surface area contributed by atoms with Gasteiger partial charge in [-0.15, -0.1) is 0 Å². The lowest BCUT2D eigenvalue weighted by atomic mass is 10.1. The molecule has 0 fully saturated rings. The van der Waals surface area contributed by atoms with E-state index in [1.54, 1.807) is 0 Å². The van der Waals surface area contributed by atoms with E-state index in [0.717, 1.165) is 12.5 Å². The minimum Gasteiger partial charge on any atom is -0.389 e. The van der Waals surface area contributed by atoms with Crippen LogP contribution in [0.2, 0.25) is 0 Å². The van der Waals surface area contributed by atoms with Crippen molar-refractivity contribution in [2.45, 2.75) is 59.2 Å². The van der Waals surface area contributed by atoms with Crippen LogP contribution in [0.3, 0.4) is 0 Å². The standard InChI is InChI=1S/C15H33NO3/c1-13(2)7-5-6-8-16-11-15(17)12-18-9-10-19-14(3)4/h13-17H,5-12H2,1-4H3. The molecule has 0 aromatic carbocycles. The third-order valence-corrected chi connectivity index (χ3v) is 2.75. The first kappa shape index (κ1) is 18.8. The van der Waals surface area contributed by atoms with Crippen molar-refractivity contribution in [3.63, 3.8) is 0 Å². The molecule has 2 N–H and O–H groups in total. The number of ether oxygens (including phenoxy) is 2. The second-order valence-corrected chi connectivity index (χ2v) is 5.74. The largest absolute Gasteiger partial charge is 0.389 e. The molecular formula is C15H33NO3. The number of rotatable bonds is 13. The molecule has 0 amide bonds. The van der Waals surface area contributed by atoms with Gasteiger partial charge in [0.15, 0.2) is 0 Å². The van der Waals surface area contributed by atoms with Crippen LogP contribution in [0.1, 0.15) is 47.0 Å². The molecule has 0 saturated heterocycles. The van der Waals surface area contributed by atoms with Crippen molar-refractivity contribution in [3.8, 4) is 0 Å². The molecule has 0 aromatic rings. The van der Waals surface area contributed by atoms with E-state index in [1.165, 1.54) is 19.3 Å². The van der Waals surface area contributed by atoms with E-state index in [9.17, 15) is 5.11 Å². The summed E-state index contributed by atoms with van der Waals surface area (Å²) in [5.41, 5.74) is 0. The normalized spacial score (nSPS) is 13.4. The molecule has 4 nitrogen and oxygen atoms in total. The fourth-order valence-electron chi connectivity index (χ4n) is 1.69. The highest BCUT2D eigenvalue weighted by atomic mass is 16.5. The molecule has 0 spiro atoms. The highest BCUT2D eigenvalue weighted by molar-refractivity contribution is 4.59. The predicted molar refractivity (Wildman–Crippen MR) is 79.5 cm³/mol. The van der Waals surface area contributed by atoms with Gasteiger partial charge in [-0.1, -0.05) is 26.7 Å². The molecule has 1 atom stereocenters. The summed E-state index contributed by atoms with van der Waals surface area (Å²) < 4.78 is 10.7. The van der Waals surface area contributed by atoms with Gasteiger partial charge >= 0.3 is 0 Å². The predicted octanol–water partition coefficient (Wildman–Crippen LogP) is 2.20. The van der Waals surface area contributed by atoms with Crippen LogP contribution in [0.25, 0.3) is 0 Å². The quantitative estimate of drug-likeness (QED) is 0.506. The molecular weight excluding hydrogens is 242 g/mol. The summed E-state index contributed by atoms with van der Waals surface area (Å²) in [6.07, 6.45) is 3.52. The zero-order chi connectivity index (χ0) is 14.5. The van der Waals surface area contributed by atoms with Crippen LogP contribution in [0.15, 0.2) is 0 Å². The Labute approximate surface area is 118 Å². The minimum atomic E-state index is -0.427. The van der Waals surface area contributed by atoms with E-state index in [4.69, 9.17) is 9.47 Å². The van der Waals surface area contributed by atoms with Gasteiger partial charge in [-0.2, -0.15) is 0 Å². The molecule has 116 valence electrons. The number of unbranched alkanes of at least 4 members (excludes halogenated alkanes) is 1. The number of aliphatic hydroxyl groups is 1. The van der Waals surface area contributed by atoms with Gasteiger partial charge in [0.2, 0.25) is 0 Å². The first-order valence-electron chi connectivity index (χ1n) is 7.60. The lowest BCUT2D eigenvalue weighted by molar-refractivity contribution is -0.00992. The van der Waals surface area contributed by atoms with E-state index < -0.39 is 6.10 Å². The molecule has 0 heterocycles. The van der Waals surface area contributed by atoms with Crippen LogP contribution in [0.5, 0.6) is 0 Å². The molecule has 0 aliphatic heterocycles. The van der Waals surface area contributed by atoms with Crippen LogP contribution in [0, 0.1) is 5.92 Å². The van der Waals surface area contributed by atoms with Crippen LogP contribution in [0.4, 0.5) is 0 Å². The van der Waals surface area contributed by atoms with Gasteiger partial charge < -0.3 is 19.9 Å². The van der Waals surface area contributed by atoms with Crippen molar-refractivity contribution >= 4 is 0 Å². The van der Waals surface area contributed by atoms with E-state index in [0.29, 0.717) is 26.4 Å². The molecule has 0 aliphatic carbocycles. The smallest absolute Gasteiger partial charge is 0.0897 e.